The van der Waals surface area contributed by atoms with Gasteiger partial charge in [0.05, 0.1) is 33.4 Å². The average Bonchev–Trinajstić information content (AvgIpc) is 2.55. The molecule has 1 saturated heterocycles. The van der Waals surface area contributed by atoms with Gasteiger partial charge in [0.1, 0.15) is 0 Å². The second-order valence-corrected chi connectivity index (χ2v) is 4.64. The third-order valence-corrected chi connectivity index (χ3v) is 2.77. The summed E-state index contributed by atoms with van der Waals surface area (Å²) >= 11 is 0. The van der Waals surface area contributed by atoms with Crippen molar-refractivity contribution in [3.05, 3.63) is 15.9 Å². The van der Waals surface area contributed by atoms with Gasteiger partial charge in [0.2, 0.25) is 5.95 Å². The van der Waals surface area contributed by atoms with E-state index in [9.17, 15) is 10.1 Å². The maximum Gasteiger partial charge on any atom is 0.456 e. The van der Waals surface area contributed by atoms with Gasteiger partial charge < -0.3 is 24.5 Å². The maximum absolute atomic E-state index is 11.3. The molecule has 1 aromatic heterocycles. The molecule has 0 saturated carbocycles. The number of methoxy groups -OCH3 is 1. The van der Waals surface area contributed by atoms with Crippen LogP contribution in [-0.2, 0) is 9.68 Å². The molecule has 1 aliphatic heterocycles. The van der Waals surface area contributed by atoms with Gasteiger partial charge in [-0.15, -0.1) is 0 Å². The average molecular weight is 327 g/mol. The van der Waals surface area contributed by atoms with Crippen LogP contribution in [0.5, 0.6) is 6.01 Å². The quantitative estimate of drug-likeness (QED) is 0.292. The number of anilines is 1. The summed E-state index contributed by atoms with van der Waals surface area (Å²) < 4.78 is 10.1. The first-order valence-corrected chi connectivity index (χ1v) is 6.71. The van der Waals surface area contributed by atoms with Crippen LogP contribution in [0.4, 0.5) is 5.95 Å². The Labute approximate surface area is 131 Å². The first-order valence-electron chi connectivity index (χ1n) is 6.71. The van der Waals surface area contributed by atoms with Crippen molar-refractivity contribution in [2.24, 2.45) is 5.16 Å². The van der Waals surface area contributed by atoms with Gasteiger partial charge in [-0.1, -0.05) is 5.06 Å². The second-order valence-electron chi connectivity index (χ2n) is 4.64. The normalized spacial score (nSPS) is 16.0. The third kappa shape index (κ3) is 4.43. The Morgan fingerprint density at radius 1 is 1.35 bits per heavy atom. The van der Waals surface area contributed by atoms with Crippen LogP contribution in [-0.4, -0.2) is 78.3 Å². The molecule has 0 aromatic carbocycles. The number of oxime groups is 1. The summed E-state index contributed by atoms with van der Waals surface area (Å²) in [6.45, 7) is 1.84. The van der Waals surface area contributed by atoms with Crippen LogP contribution in [0.3, 0.4) is 0 Å². The smallest absolute Gasteiger partial charge is 0.456 e. The van der Waals surface area contributed by atoms with Crippen LogP contribution in [0.25, 0.3) is 0 Å². The summed E-state index contributed by atoms with van der Waals surface area (Å²) in [5, 5.41) is 16.3. The van der Waals surface area contributed by atoms with Crippen molar-refractivity contribution >= 4 is 11.8 Å². The number of hydroxylamine groups is 2. The van der Waals surface area contributed by atoms with Gasteiger partial charge >= 0.3 is 11.8 Å². The van der Waals surface area contributed by atoms with Crippen molar-refractivity contribution in [3.8, 4) is 6.01 Å². The van der Waals surface area contributed by atoms with Crippen molar-refractivity contribution in [1.29, 1.82) is 0 Å². The molecular formula is C11H17N7O5. The molecule has 0 atom stereocenters. The van der Waals surface area contributed by atoms with Gasteiger partial charge in [0, 0.05) is 14.1 Å². The molecular weight excluding hydrogens is 310 g/mol. The molecule has 0 bridgehead atoms. The number of rotatable bonds is 5. The lowest BCUT2D eigenvalue weighted by Crippen LogP contribution is -2.35. The zero-order chi connectivity index (χ0) is 16.8. The van der Waals surface area contributed by atoms with Crippen LogP contribution in [0.2, 0.25) is 0 Å². The van der Waals surface area contributed by atoms with Gasteiger partial charge in [-0.2, -0.15) is 19.9 Å². The van der Waals surface area contributed by atoms with E-state index in [1.165, 1.54) is 12.2 Å². The van der Waals surface area contributed by atoms with Crippen molar-refractivity contribution < 1.29 is 19.3 Å². The molecule has 12 nitrogen and oxygen atoms in total. The van der Waals surface area contributed by atoms with E-state index in [2.05, 4.69) is 20.1 Å². The fraction of sp³-hybridized carbons (Fsp3) is 0.636. The van der Waals surface area contributed by atoms with Gasteiger partial charge in [-0.3, -0.25) is 0 Å². The molecule has 1 fully saturated rings. The minimum Gasteiger partial charge on any atom is -0.467 e. The Balaban J connectivity index is 2.29. The summed E-state index contributed by atoms with van der Waals surface area (Å²) in [6.07, 6.45) is 0. The number of hydrogen-bond donors (Lipinski definition) is 0. The van der Waals surface area contributed by atoms with Crippen molar-refractivity contribution in [2.75, 3.05) is 52.4 Å². The number of nitro groups is 1. The van der Waals surface area contributed by atoms with Gasteiger partial charge in [0.25, 0.3) is 5.82 Å². The summed E-state index contributed by atoms with van der Waals surface area (Å²) in [7, 11) is 4.73. The molecule has 0 N–H and O–H groups in total. The summed E-state index contributed by atoms with van der Waals surface area (Å²) in [5.74, 6) is -0.688. The molecule has 0 unspecified atom stereocenters. The van der Waals surface area contributed by atoms with Crippen molar-refractivity contribution in [1.82, 2.24) is 20.0 Å². The molecule has 0 aliphatic carbocycles. The standard InChI is InChI=1S/C11H17N7O5/c1-16(2)10-12-8(13-11(14-10)21-3)9(18(19)20)15-23-17-4-6-22-7-5-17/h4-7H2,1-3H3. The largest absolute Gasteiger partial charge is 0.467 e. The first kappa shape index (κ1) is 16.8. The zero-order valence-corrected chi connectivity index (χ0v) is 13.0. The number of aromatic nitrogens is 3. The molecule has 1 aromatic rings. The Kier molecular flexibility index (Phi) is 5.54. The minimum absolute atomic E-state index is 0.0559. The lowest BCUT2D eigenvalue weighted by Gasteiger charge is -2.19. The minimum atomic E-state index is -0.728. The fourth-order valence-corrected chi connectivity index (χ4v) is 1.62. The van der Waals surface area contributed by atoms with Crippen molar-refractivity contribution in [3.63, 3.8) is 0 Å². The highest BCUT2D eigenvalue weighted by Gasteiger charge is 2.26. The lowest BCUT2D eigenvalue weighted by molar-refractivity contribution is -0.355. The molecule has 0 amide bonds. The molecule has 126 valence electrons. The van der Waals surface area contributed by atoms with E-state index in [-0.39, 0.29) is 17.8 Å². The number of nitrogens with zero attached hydrogens (tertiary/aromatic N) is 7. The van der Waals surface area contributed by atoms with Crippen LogP contribution in [0.1, 0.15) is 5.82 Å². The van der Waals surface area contributed by atoms with Crippen LogP contribution in [0, 0.1) is 10.1 Å². The number of ether oxygens (including phenoxy) is 2. The molecule has 12 heteroatoms. The highest BCUT2D eigenvalue weighted by molar-refractivity contribution is 5.88. The van der Waals surface area contributed by atoms with Crippen LogP contribution in [0.15, 0.2) is 5.16 Å². The summed E-state index contributed by atoms with van der Waals surface area (Å²) in [4.78, 5) is 29.0. The Morgan fingerprint density at radius 2 is 2.04 bits per heavy atom. The third-order valence-electron chi connectivity index (χ3n) is 2.77. The van der Waals surface area contributed by atoms with Crippen LogP contribution < -0.4 is 9.64 Å². The molecule has 0 radical (unpaired) electrons. The fourth-order valence-electron chi connectivity index (χ4n) is 1.62. The molecule has 2 heterocycles. The highest BCUT2D eigenvalue weighted by atomic mass is 16.8. The predicted octanol–water partition coefficient (Wildman–Crippen LogP) is -0.852. The Bertz CT molecular complexity index is 588. The van der Waals surface area contributed by atoms with E-state index in [0.29, 0.717) is 26.3 Å². The molecule has 0 spiro atoms. The maximum atomic E-state index is 11.3. The van der Waals surface area contributed by atoms with E-state index >= 15 is 0 Å². The van der Waals surface area contributed by atoms with E-state index in [0.717, 1.165) is 0 Å². The van der Waals surface area contributed by atoms with Crippen LogP contribution >= 0.6 is 0 Å². The number of amidine groups is 1. The molecule has 2 rings (SSSR count). The van der Waals surface area contributed by atoms with Gasteiger partial charge in [-0.05, 0) is 4.92 Å². The summed E-state index contributed by atoms with van der Waals surface area (Å²) in [5.41, 5.74) is 0. The second kappa shape index (κ2) is 7.60. The zero-order valence-electron chi connectivity index (χ0n) is 13.0. The first-order chi connectivity index (χ1) is 11.0. The predicted molar refractivity (Wildman–Crippen MR) is 77.7 cm³/mol. The van der Waals surface area contributed by atoms with E-state index in [1.54, 1.807) is 19.0 Å². The molecule has 23 heavy (non-hydrogen) atoms. The SMILES string of the molecule is COc1nc(C(=NON2CCOCC2)[N+](=O)[O-])nc(N(C)C)n1. The Morgan fingerprint density at radius 3 is 2.61 bits per heavy atom. The summed E-state index contributed by atoms with van der Waals surface area (Å²) in [6, 6.07) is -0.0559. The lowest BCUT2D eigenvalue weighted by atomic mass is 10.5. The van der Waals surface area contributed by atoms with Gasteiger partial charge in [-0.25, -0.2) is 0 Å². The van der Waals surface area contributed by atoms with E-state index < -0.39 is 10.8 Å². The Hall–Kier alpha value is -2.60. The topological polar surface area (TPSA) is 128 Å². The monoisotopic (exact) mass is 327 g/mol. The number of hydrogen-bond acceptors (Lipinski definition) is 11. The van der Waals surface area contributed by atoms with Crippen molar-refractivity contribution in [2.45, 2.75) is 0 Å². The van der Waals surface area contributed by atoms with E-state index in [4.69, 9.17) is 14.4 Å². The number of morpholine rings is 1. The van der Waals surface area contributed by atoms with E-state index in [1.807, 2.05) is 0 Å². The highest BCUT2D eigenvalue weighted by Crippen LogP contribution is 2.11. The molecule has 1 aliphatic rings. The van der Waals surface area contributed by atoms with Gasteiger partial charge in [0.15, 0.2) is 5.16 Å².